The zero-order chi connectivity index (χ0) is 14.4. The summed E-state index contributed by atoms with van der Waals surface area (Å²) in [6.07, 6.45) is 6.91. The monoisotopic (exact) mass is 283 g/mol. The van der Waals surface area contributed by atoms with Crippen LogP contribution in [0.15, 0.2) is 0 Å². The van der Waals surface area contributed by atoms with Gasteiger partial charge < -0.3 is 19.8 Å². The Balaban J connectivity index is 1.59. The molecule has 0 unspecified atom stereocenters. The number of hydrogen-bond acceptors (Lipinski definition) is 4. The number of hydrogen-bond donors (Lipinski definition) is 1. The van der Waals surface area contributed by atoms with Gasteiger partial charge in [0.15, 0.2) is 0 Å². The molecule has 118 valence electrons. The smallest absolute Gasteiger partial charge is 0.0774 e. The van der Waals surface area contributed by atoms with E-state index in [9.17, 15) is 5.11 Å². The van der Waals surface area contributed by atoms with Crippen molar-refractivity contribution in [3.05, 3.63) is 0 Å². The normalized spacial score (nSPS) is 25.2. The molecule has 2 aliphatic rings. The Morgan fingerprint density at radius 2 is 1.70 bits per heavy atom. The van der Waals surface area contributed by atoms with Gasteiger partial charge in [-0.3, -0.25) is 0 Å². The van der Waals surface area contributed by atoms with Crippen LogP contribution in [0.2, 0.25) is 0 Å². The van der Waals surface area contributed by atoms with Crippen LogP contribution in [-0.4, -0.2) is 85.3 Å². The molecule has 4 heteroatoms. The van der Waals surface area contributed by atoms with Gasteiger partial charge in [0.05, 0.1) is 5.60 Å². The van der Waals surface area contributed by atoms with E-state index in [0.717, 1.165) is 25.9 Å². The van der Waals surface area contributed by atoms with E-state index in [-0.39, 0.29) is 0 Å². The standard InChI is InChI=1S/C16H33N3O/c1-17-11-13-19(14-12-17)10-6-9-18(2)15-16(20)7-4-3-5-8-16/h20H,3-15H2,1-2H3. The Morgan fingerprint density at radius 1 is 1.05 bits per heavy atom. The van der Waals surface area contributed by atoms with Crippen LogP contribution >= 0.6 is 0 Å². The number of aliphatic hydroxyl groups is 1. The van der Waals surface area contributed by atoms with Crippen molar-refractivity contribution in [2.24, 2.45) is 0 Å². The molecule has 1 saturated carbocycles. The van der Waals surface area contributed by atoms with Crippen molar-refractivity contribution in [2.75, 3.05) is 59.9 Å². The first-order chi connectivity index (χ1) is 9.57. The van der Waals surface area contributed by atoms with Gasteiger partial charge in [0.25, 0.3) is 0 Å². The molecule has 1 N–H and O–H groups in total. The van der Waals surface area contributed by atoms with E-state index in [1.807, 2.05) is 0 Å². The second-order valence-electron chi connectivity index (χ2n) is 7.02. The molecule has 4 nitrogen and oxygen atoms in total. The fourth-order valence-corrected chi connectivity index (χ4v) is 3.59. The van der Waals surface area contributed by atoms with E-state index in [1.165, 1.54) is 58.4 Å². The van der Waals surface area contributed by atoms with Gasteiger partial charge in [-0.25, -0.2) is 0 Å². The molecule has 0 spiro atoms. The van der Waals surface area contributed by atoms with Crippen LogP contribution in [-0.2, 0) is 0 Å². The van der Waals surface area contributed by atoms with E-state index in [2.05, 4.69) is 28.8 Å². The van der Waals surface area contributed by atoms with Crippen LogP contribution in [0.1, 0.15) is 38.5 Å². The topological polar surface area (TPSA) is 30.0 Å². The van der Waals surface area contributed by atoms with Gasteiger partial charge in [0.2, 0.25) is 0 Å². The summed E-state index contributed by atoms with van der Waals surface area (Å²) >= 11 is 0. The summed E-state index contributed by atoms with van der Waals surface area (Å²) in [6.45, 7) is 8.00. The van der Waals surface area contributed by atoms with Gasteiger partial charge in [-0.05, 0) is 46.4 Å². The molecule has 0 radical (unpaired) electrons. The van der Waals surface area contributed by atoms with Crippen molar-refractivity contribution in [1.82, 2.24) is 14.7 Å². The molecule has 0 bridgehead atoms. The van der Waals surface area contributed by atoms with Crippen LogP contribution < -0.4 is 0 Å². The molecule has 1 aliphatic heterocycles. The van der Waals surface area contributed by atoms with E-state index in [0.29, 0.717) is 0 Å². The van der Waals surface area contributed by atoms with E-state index < -0.39 is 5.60 Å². The number of rotatable bonds is 6. The summed E-state index contributed by atoms with van der Waals surface area (Å²) < 4.78 is 0. The quantitative estimate of drug-likeness (QED) is 0.795. The maximum absolute atomic E-state index is 10.6. The van der Waals surface area contributed by atoms with Crippen LogP contribution in [0, 0.1) is 0 Å². The lowest BCUT2D eigenvalue weighted by Crippen LogP contribution is -2.46. The maximum Gasteiger partial charge on any atom is 0.0774 e. The molecule has 1 aliphatic carbocycles. The fourth-order valence-electron chi connectivity index (χ4n) is 3.59. The average Bonchev–Trinajstić information content (AvgIpc) is 2.41. The number of nitrogens with zero attached hydrogens (tertiary/aromatic N) is 3. The molecule has 2 fully saturated rings. The third-order valence-electron chi connectivity index (χ3n) is 4.96. The molecule has 20 heavy (non-hydrogen) atoms. The Morgan fingerprint density at radius 3 is 2.35 bits per heavy atom. The average molecular weight is 283 g/mol. The molecule has 1 saturated heterocycles. The summed E-state index contributed by atoms with van der Waals surface area (Å²) in [4.78, 5) is 7.31. The van der Waals surface area contributed by atoms with Crippen molar-refractivity contribution in [1.29, 1.82) is 0 Å². The lowest BCUT2D eigenvalue weighted by Gasteiger charge is -2.36. The summed E-state index contributed by atoms with van der Waals surface area (Å²) in [5.74, 6) is 0. The zero-order valence-corrected chi connectivity index (χ0v) is 13.5. The van der Waals surface area contributed by atoms with Crippen molar-refractivity contribution in [3.8, 4) is 0 Å². The molecule has 2 rings (SSSR count). The minimum Gasteiger partial charge on any atom is -0.389 e. The molecule has 0 aromatic heterocycles. The molecular formula is C16H33N3O. The first kappa shape index (κ1) is 16.2. The van der Waals surface area contributed by atoms with Gasteiger partial charge in [-0.15, -0.1) is 0 Å². The summed E-state index contributed by atoms with van der Waals surface area (Å²) in [7, 11) is 4.37. The predicted octanol–water partition coefficient (Wildman–Crippen LogP) is 1.25. The molecular weight excluding hydrogens is 250 g/mol. The Hall–Kier alpha value is -0.160. The lowest BCUT2D eigenvalue weighted by atomic mass is 9.84. The number of likely N-dealkylation sites (N-methyl/N-ethyl adjacent to an activating group) is 2. The second kappa shape index (κ2) is 7.74. The Kier molecular flexibility index (Phi) is 6.27. The minimum absolute atomic E-state index is 0.402. The second-order valence-corrected chi connectivity index (χ2v) is 7.02. The van der Waals surface area contributed by atoms with Gasteiger partial charge in [-0.1, -0.05) is 19.3 Å². The highest BCUT2D eigenvalue weighted by Gasteiger charge is 2.30. The lowest BCUT2D eigenvalue weighted by molar-refractivity contribution is -0.0214. The summed E-state index contributed by atoms with van der Waals surface area (Å²) in [5, 5.41) is 10.6. The van der Waals surface area contributed by atoms with Crippen molar-refractivity contribution < 1.29 is 5.11 Å². The Bertz CT molecular complexity index is 271. The Labute approximate surface area is 124 Å². The zero-order valence-electron chi connectivity index (χ0n) is 13.5. The number of piperazine rings is 1. The highest BCUT2D eigenvalue weighted by molar-refractivity contribution is 4.84. The van der Waals surface area contributed by atoms with Crippen LogP contribution in [0.25, 0.3) is 0 Å². The summed E-state index contributed by atoms with van der Waals surface area (Å²) in [6, 6.07) is 0. The van der Waals surface area contributed by atoms with Gasteiger partial charge >= 0.3 is 0 Å². The van der Waals surface area contributed by atoms with Gasteiger partial charge in [0.1, 0.15) is 0 Å². The van der Waals surface area contributed by atoms with E-state index in [4.69, 9.17) is 0 Å². The largest absolute Gasteiger partial charge is 0.389 e. The van der Waals surface area contributed by atoms with Crippen molar-refractivity contribution in [3.63, 3.8) is 0 Å². The van der Waals surface area contributed by atoms with Gasteiger partial charge in [0, 0.05) is 32.7 Å². The third kappa shape index (κ3) is 5.32. The molecule has 0 atom stereocenters. The van der Waals surface area contributed by atoms with E-state index >= 15 is 0 Å². The van der Waals surface area contributed by atoms with Crippen molar-refractivity contribution >= 4 is 0 Å². The van der Waals surface area contributed by atoms with Gasteiger partial charge in [-0.2, -0.15) is 0 Å². The molecule has 0 amide bonds. The molecule has 0 aromatic rings. The summed E-state index contributed by atoms with van der Waals surface area (Å²) in [5.41, 5.74) is -0.402. The van der Waals surface area contributed by atoms with Crippen LogP contribution in [0.5, 0.6) is 0 Å². The first-order valence-electron chi connectivity index (χ1n) is 8.39. The molecule has 1 heterocycles. The fraction of sp³-hybridized carbons (Fsp3) is 1.00. The highest BCUT2D eigenvalue weighted by atomic mass is 16.3. The van der Waals surface area contributed by atoms with Crippen LogP contribution in [0.4, 0.5) is 0 Å². The SMILES string of the molecule is CN1CCN(CCCN(C)CC2(O)CCCCC2)CC1. The van der Waals surface area contributed by atoms with Crippen LogP contribution in [0.3, 0.4) is 0 Å². The van der Waals surface area contributed by atoms with E-state index in [1.54, 1.807) is 0 Å². The molecule has 0 aromatic carbocycles. The minimum atomic E-state index is -0.402. The van der Waals surface area contributed by atoms with Crippen molar-refractivity contribution in [2.45, 2.75) is 44.1 Å². The predicted molar refractivity (Wildman–Crippen MR) is 84.1 cm³/mol. The first-order valence-corrected chi connectivity index (χ1v) is 8.39. The highest BCUT2D eigenvalue weighted by Crippen LogP contribution is 2.28. The maximum atomic E-state index is 10.6. The third-order valence-corrected chi connectivity index (χ3v) is 4.96.